The third kappa shape index (κ3) is 4.88. The van der Waals surface area contributed by atoms with E-state index in [1.54, 1.807) is 18.2 Å². The minimum atomic E-state index is -0.597. The van der Waals surface area contributed by atoms with E-state index in [0.717, 1.165) is 6.42 Å². The van der Waals surface area contributed by atoms with Crippen LogP contribution in [0.25, 0.3) is 0 Å². The number of halogens is 1. The average Bonchev–Trinajstić information content (AvgIpc) is 2.61. The second-order valence-corrected chi connectivity index (χ2v) is 5.50. The van der Waals surface area contributed by atoms with Crippen LogP contribution in [0.3, 0.4) is 0 Å². The lowest BCUT2D eigenvalue weighted by Crippen LogP contribution is -2.10. The van der Waals surface area contributed by atoms with E-state index in [4.69, 9.17) is 31.1 Å². The lowest BCUT2D eigenvalue weighted by Gasteiger charge is -2.14. The van der Waals surface area contributed by atoms with Gasteiger partial charge in [-0.15, -0.1) is 0 Å². The predicted molar refractivity (Wildman–Crippen MR) is 94.5 cm³/mol. The predicted octanol–water partition coefficient (Wildman–Crippen LogP) is 4.62. The fourth-order valence-corrected chi connectivity index (χ4v) is 2.35. The van der Waals surface area contributed by atoms with Crippen molar-refractivity contribution < 1.29 is 19.0 Å². The summed E-state index contributed by atoms with van der Waals surface area (Å²) < 4.78 is 16.4. The Balaban J connectivity index is 2.28. The Labute approximate surface area is 151 Å². The van der Waals surface area contributed by atoms with Crippen molar-refractivity contribution in [2.75, 3.05) is 13.2 Å². The van der Waals surface area contributed by atoms with Gasteiger partial charge in [-0.25, -0.2) is 4.79 Å². The first-order valence-electron chi connectivity index (χ1n) is 7.90. The van der Waals surface area contributed by atoms with Gasteiger partial charge < -0.3 is 14.2 Å². The molecule has 5 nitrogen and oxygen atoms in total. The number of esters is 1. The number of rotatable bonds is 7. The SMILES string of the molecule is CCCOc1c(Cl)cc(C(=O)Oc2cccc(C#N)c2)cc1OCC. The quantitative estimate of drug-likeness (QED) is 0.533. The second-order valence-electron chi connectivity index (χ2n) is 5.10. The molecule has 0 N–H and O–H groups in total. The van der Waals surface area contributed by atoms with Gasteiger partial charge in [0.25, 0.3) is 0 Å². The Bertz CT molecular complexity index is 798. The van der Waals surface area contributed by atoms with Crippen LogP contribution in [-0.2, 0) is 0 Å². The van der Waals surface area contributed by atoms with E-state index in [9.17, 15) is 4.79 Å². The average molecular weight is 360 g/mol. The fraction of sp³-hybridized carbons (Fsp3) is 0.263. The van der Waals surface area contributed by atoms with Crippen molar-refractivity contribution in [1.29, 1.82) is 5.26 Å². The van der Waals surface area contributed by atoms with Crippen LogP contribution in [0.4, 0.5) is 0 Å². The fourth-order valence-electron chi connectivity index (χ4n) is 2.09. The summed E-state index contributed by atoms with van der Waals surface area (Å²) in [5, 5.41) is 9.18. The highest BCUT2D eigenvalue weighted by Crippen LogP contribution is 2.37. The minimum Gasteiger partial charge on any atom is -0.490 e. The van der Waals surface area contributed by atoms with Crippen LogP contribution in [0.5, 0.6) is 17.2 Å². The molecule has 0 spiro atoms. The maximum atomic E-state index is 12.4. The molecule has 0 atom stereocenters. The van der Waals surface area contributed by atoms with Crippen molar-refractivity contribution in [1.82, 2.24) is 0 Å². The van der Waals surface area contributed by atoms with Crippen molar-refractivity contribution in [3.63, 3.8) is 0 Å². The molecular formula is C19H18ClNO4. The maximum absolute atomic E-state index is 12.4. The molecule has 2 aromatic rings. The van der Waals surface area contributed by atoms with Gasteiger partial charge >= 0.3 is 5.97 Å². The summed E-state index contributed by atoms with van der Waals surface area (Å²) >= 11 is 6.24. The molecule has 0 radical (unpaired) electrons. The Morgan fingerprint density at radius 1 is 1.20 bits per heavy atom. The van der Waals surface area contributed by atoms with Crippen LogP contribution < -0.4 is 14.2 Å². The molecule has 0 saturated heterocycles. The molecule has 2 rings (SSSR count). The van der Waals surface area contributed by atoms with Gasteiger partial charge in [0.05, 0.1) is 35.4 Å². The smallest absolute Gasteiger partial charge is 0.343 e. The van der Waals surface area contributed by atoms with E-state index in [1.807, 2.05) is 19.9 Å². The Hall–Kier alpha value is -2.71. The van der Waals surface area contributed by atoms with Gasteiger partial charge in [-0.05, 0) is 43.7 Å². The number of benzene rings is 2. The molecule has 0 saturated carbocycles. The highest BCUT2D eigenvalue weighted by molar-refractivity contribution is 6.32. The van der Waals surface area contributed by atoms with E-state index in [0.29, 0.717) is 30.3 Å². The standard InChI is InChI=1S/C19H18ClNO4/c1-3-8-24-18-16(20)10-14(11-17(18)23-4-2)19(22)25-15-7-5-6-13(9-15)12-21/h5-7,9-11H,3-4,8H2,1-2H3. The van der Waals surface area contributed by atoms with Gasteiger partial charge in [-0.2, -0.15) is 5.26 Å². The van der Waals surface area contributed by atoms with Crippen molar-refractivity contribution in [3.8, 4) is 23.3 Å². The van der Waals surface area contributed by atoms with Crippen LogP contribution >= 0.6 is 11.6 Å². The monoisotopic (exact) mass is 359 g/mol. The van der Waals surface area contributed by atoms with Crippen LogP contribution in [0.15, 0.2) is 36.4 Å². The van der Waals surface area contributed by atoms with Crippen molar-refractivity contribution in [3.05, 3.63) is 52.5 Å². The van der Waals surface area contributed by atoms with E-state index >= 15 is 0 Å². The van der Waals surface area contributed by atoms with Gasteiger partial charge in [-0.1, -0.05) is 24.6 Å². The second kappa shape index (κ2) is 8.95. The summed E-state index contributed by atoms with van der Waals surface area (Å²) in [6.07, 6.45) is 0.820. The Morgan fingerprint density at radius 2 is 2.00 bits per heavy atom. The number of ether oxygens (including phenoxy) is 3. The van der Waals surface area contributed by atoms with Crippen LogP contribution in [-0.4, -0.2) is 19.2 Å². The van der Waals surface area contributed by atoms with E-state index in [1.165, 1.54) is 18.2 Å². The summed E-state index contributed by atoms with van der Waals surface area (Å²) in [6.45, 7) is 4.71. The lowest BCUT2D eigenvalue weighted by molar-refractivity contribution is 0.0734. The highest BCUT2D eigenvalue weighted by Gasteiger charge is 2.18. The van der Waals surface area contributed by atoms with Crippen LogP contribution in [0, 0.1) is 11.3 Å². The number of hydrogen-bond acceptors (Lipinski definition) is 5. The zero-order valence-corrected chi connectivity index (χ0v) is 14.8. The van der Waals surface area contributed by atoms with Gasteiger partial charge in [0.2, 0.25) is 0 Å². The van der Waals surface area contributed by atoms with E-state index in [-0.39, 0.29) is 16.3 Å². The van der Waals surface area contributed by atoms with Crippen molar-refractivity contribution >= 4 is 17.6 Å². The third-order valence-electron chi connectivity index (χ3n) is 3.17. The van der Waals surface area contributed by atoms with E-state index < -0.39 is 5.97 Å². The number of nitriles is 1. The summed E-state index contributed by atoms with van der Waals surface area (Å²) in [4.78, 5) is 12.4. The number of hydrogen-bond donors (Lipinski definition) is 0. The molecule has 0 fully saturated rings. The molecule has 0 amide bonds. The van der Waals surface area contributed by atoms with Gasteiger partial charge in [0.15, 0.2) is 11.5 Å². The molecule has 0 heterocycles. The molecule has 0 aromatic heterocycles. The van der Waals surface area contributed by atoms with Crippen LogP contribution in [0.1, 0.15) is 36.2 Å². The topological polar surface area (TPSA) is 68.5 Å². The Kier molecular flexibility index (Phi) is 6.67. The first-order chi connectivity index (χ1) is 12.1. The molecule has 25 heavy (non-hydrogen) atoms. The van der Waals surface area contributed by atoms with Crippen molar-refractivity contribution in [2.45, 2.75) is 20.3 Å². The summed E-state index contributed by atoms with van der Waals surface area (Å²) in [5.74, 6) is 0.485. The molecule has 0 aliphatic carbocycles. The van der Waals surface area contributed by atoms with Gasteiger partial charge in [0, 0.05) is 0 Å². The molecular weight excluding hydrogens is 342 g/mol. The zero-order valence-electron chi connectivity index (χ0n) is 14.0. The van der Waals surface area contributed by atoms with E-state index in [2.05, 4.69) is 0 Å². The molecule has 0 bridgehead atoms. The lowest BCUT2D eigenvalue weighted by atomic mass is 10.2. The molecule has 130 valence electrons. The molecule has 0 aliphatic rings. The normalized spacial score (nSPS) is 10.0. The molecule has 0 unspecified atom stereocenters. The minimum absolute atomic E-state index is 0.236. The highest BCUT2D eigenvalue weighted by atomic mass is 35.5. The first kappa shape index (κ1) is 18.6. The van der Waals surface area contributed by atoms with Gasteiger partial charge in [0.1, 0.15) is 5.75 Å². The number of carbonyl (C=O) groups excluding carboxylic acids is 1. The molecule has 6 heteroatoms. The summed E-state index contributed by atoms with van der Waals surface area (Å²) in [7, 11) is 0. The number of carbonyl (C=O) groups is 1. The molecule has 0 aliphatic heterocycles. The van der Waals surface area contributed by atoms with Crippen molar-refractivity contribution in [2.24, 2.45) is 0 Å². The first-order valence-corrected chi connectivity index (χ1v) is 8.28. The van der Waals surface area contributed by atoms with Crippen LogP contribution in [0.2, 0.25) is 5.02 Å². The molecule has 2 aromatic carbocycles. The summed E-state index contributed by atoms with van der Waals surface area (Å²) in [5.41, 5.74) is 0.640. The third-order valence-corrected chi connectivity index (χ3v) is 3.45. The largest absolute Gasteiger partial charge is 0.490 e. The zero-order chi connectivity index (χ0) is 18.2. The maximum Gasteiger partial charge on any atom is 0.343 e. The summed E-state index contributed by atoms with van der Waals surface area (Å²) in [6, 6.07) is 11.4. The number of nitrogens with zero attached hydrogens (tertiary/aromatic N) is 1. The Morgan fingerprint density at radius 3 is 2.68 bits per heavy atom. The van der Waals surface area contributed by atoms with Gasteiger partial charge in [-0.3, -0.25) is 0 Å².